The van der Waals surface area contributed by atoms with Gasteiger partial charge in [0.25, 0.3) is 0 Å². The maximum atomic E-state index is 5.20. The van der Waals surface area contributed by atoms with E-state index in [1.54, 1.807) is 0 Å². The van der Waals surface area contributed by atoms with Crippen LogP contribution < -0.4 is 22.5 Å². The van der Waals surface area contributed by atoms with Crippen LogP contribution >= 0.6 is 15.9 Å². The van der Waals surface area contributed by atoms with E-state index in [2.05, 4.69) is 36.7 Å². The lowest BCUT2D eigenvalue weighted by Crippen LogP contribution is -2.15. The van der Waals surface area contributed by atoms with Gasteiger partial charge in [0.2, 0.25) is 5.95 Å². The first kappa shape index (κ1) is 9.17. The zero-order valence-electron chi connectivity index (χ0n) is 6.43. The van der Waals surface area contributed by atoms with E-state index in [1.807, 2.05) is 6.92 Å². The van der Waals surface area contributed by atoms with Crippen LogP contribution in [0.15, 0.2) is 4.47 Å². The smallest absolute Gasteiger partial charge is 0.239 e. The molecule has 0 aromatic carbocycles. The molecule has 0 saturated heterocycles. The van der Waals surface area contributed by atoms with Crippen molar-refractivity contribution in [3.8, 4) is 0 Å². The van der Waals surface area contributed by atoms with Gasteiger partial charge in [0, 0.05) is 0 Å². The number of hydrogen-bond donors (Lipinski definition) is 4. The van der Waals surface area contributed by atoms with Crippen molar-refractivity contribution in [1.82, 2.24) is 9.97 Å². The minimum atomic E-state index is 0.323. The lowest BCUT2D eigenvalue weighted by Gasteiger charge is -2.06. The summed E-state index contributed by atoms with van der Waals surface area (Å²) >= 11 is 3.27. The molecule has 0 saturated carbocycles. The first-order valence-corrected chi connectivity index (χ1v) is 3.95. The van der Waals surface area contributed by atoms with Gasteiger partial charge in [-0.2, -0.15) is 4.98 Å². The molecule has 0 unspecified atom stereocenters. The zero-order valence-corrected chi connectivity index (χ0v) is 8.01. The third kappa shape index (κ3) is 1.63. The monoisotopic (exact) mass is 232 g/mol. The van der Waals surface area contributed by atoms with Gasteiger partial charge in [-0.25, -0.2) is 16.7 Å². The van der Waals surface area contributed by atoms with Crippen molar-refractivity contribution in [3.63, 3.8) is 0 Å². The van der Waals surface area contributed by atoms with Crippen molar-refractivity contribution in [2.24, 2.45) is 11.7 Å². The minimum absolute atomic E-state index is 0.323. The topological polar surface area (TPSA) is 102 Å². The minimum Gasteiger partial charge on any atom is -0.307 e. The molecule has 0 aliphatic heterocycles. The molecule has 0 amide bonds. The van der Waals surface area contributed by atoms with Crippen LogP contribution in [0.1, 0.15) is 5.69 Å². The Kier molecular flexibility index (Phi) is 2.79. The van der Waals surface area contributed by atoms with Gasteiger partial charge in [-0.1, -0.05) is 0 Å². The molecule has 0 atom stereocenters. The van der Waals surface area contributed by atoms with Crippen molar-refractivity contribution >= 4 is 27.7 Å². The maximum absolute atomic E-state index is 5.20. The number of aromatic nitrogens is 2. The van der Waals surface area contributed by atoms with Crippen LogP contribution in [-0.4, -0.2) is 9.97 Å². The average molecular weight is 233 g/mol. The third-order valence-electron chi connectivity index (χ3n) is 1.28. The van der Waals surface area contributed by atoms with E-state index >= 15 is 0 Å². The van der Waals surface area contributed by atoms with Crippen molar-refractivity contribution < 1.29 is 0 Å². The number of nitrogens with zero attached hydrogens (tertiary/aromatic N) is 2. The molecule has 6 nitrogen and oxygen atoms in total. The van der Waals surface area contributed by atoms with E-state index in [1.165, 1.54) is 0 Å². The fraction of sp³-hybridized carbons (Fsp3) is 0.200. The van der Waals surface area contributed by atoms with Crippen LogP contribution in [0.5, 0.6) is 0 Å². The van der Waals surface area contributed by atoms with Gasteiger partial charge in [0.1, 0.15) is 0 Å². The lowest BCUT2D eigenvalue weighted by molar-refractivity contribution is 1.05. The summed E-state index contributed by atoms with van der Waals surface area (Å²) in [7, 11) is 0. The van der Waals surface area contributed by atoms with Gasteiger partial charge >= 0.3 is 0 Å². The fourth-order valence-electron chi connectivity index (χ4n) is 0.719. The average Bonchev–Trinajstić information content (AvgIpc) is 2.09. The van der Waals surface area contributed by atoms with Crippen LogP contribution in [0.3, 0.4) is 0 Å². The fourth-order valence-corrected chi connectivity index (χ4v) is 1.01. The number of hydrogen-bond acceptors (Lipinski definition) is 6. The number of hydrazine groups is 2. The number of halogens is 1. The molecule has 0 aliphatic rings. The lowest BCUT2D eigenvalue weighted by atomic mass is 10.4. The molecule has 0 bridgehead atoms. The van der Waals surface area contributed by atoms with Crippen molar-refractivity contribution in [2.45, 2.75) is 6.92 Å². The van der Waals surface area contributed by atoms with E-state index in [4.69, 9.17) is 11.7 Å². The highest BCUT2D eigenvalue weighted by Crippen LogP contribution is 2.22. The third-order valence-corrected chi connectivity index (χ3v) is 2.23. The van der Waals surface area contributed by atoms with Crippen LogP contribution in [0.25, 0.3) is 0 Å². The van der Waals surface area contributed by atoms with Crippen LogP contribution in [0.2, 0.25) is 0 Å². The molecule has 1 aromatic heterocycles. The number of nitrogens with one attached hydrogen (secondary N) is 2. The van der Waals surface area contributed by atoms with Crippen LogP contribution in [-0.2, 0) is 0 Å². The molecule has 12 heavy (non-hydrogen) atoms. The summed E-state index contributed by atoms with van der Waals surface area (Å²) in [6, 6.07) is 0. The first-order valence-electron chi connectivity index (χ1n) is 3.16. The van der Waals surface area contributed by atoms with Gasteiger partial charge in [-0.3, -0.25) is 5.43 Å². The predicted molar refractivity (Wildman–Crippen MR) is 50.1 cm³/mol. The van der Waals surface area contributed by atoms with Crippen molar-refractivity contribution in [3.05, 3.63) is 10.2 Å². The second-order valence-corrected chi connectivity index (χ2v) is 2.88. The van der Waals surface area contributed by atoms with Gasteiger partial charge < -0.3 is 5.43 Å². The molecule has 0 aliphatic carbocycles. The summed E-state index contributed by atoms with van der Waals surface area (Å²) < 4.78 is 0.726. The maximum Gasteiger partial charge on any atom is 0.239 e. The van der Waals surface area contributed by atoms with E-state index < -0.39 is 0 Å². The normalized spacial score (nSPS) is 9.67. The zero-order chi connectivity index (χ0) is 9.14. The summed E-state index contributed by atoms with van der Waals surface area (Å²) in [4.78, 5) is 7.95. The molecule has 1 rings (SSSR count). The highest BCUT2D eigenvalue weighted by Gasteiger charge is 2.06. The Morgan fingerprint density at radius 3 is 2.42 bits per heavy atom. The Labute approximate surface area is 77.8 Å². The first-order chi connectivity index (χ1) is 5.69. The Bertz CT molecular complexity index is 288. The van der Waals surface area contributed by atoms with Gasteiger partial charge in [0.05, 0.1) is 10.2 Å². The van der Waals surface area contributed by atoms with Gasteiger partial charge in [-0.05, 0) is 22.9 Å². The Morgan fingerprint density at radius 1 is 1.25 bits per heavy atom. The number of rotatable bonds is 2. The van der Waals surface area contributed by atoms with Gasteiger partial charge in [-0.15, -0.1) is 0 Å². The van der Waals surface area contributed by atoms with Crippen molar-refractivity contribution in [1.29, 1.82) is 0 Å². The molecule has 6 N–H and O–H groups in total. The van der Waals surface area contributed by atoms with E-state index in [-0.39, 0.29) is 0 Å². The summed E-state index contributed by atoms with van der Waals surface area (Å²) in [6.45, 7) is 1.81. The molecule has 0 radical (unpaired) electrons. The molecule has 7 heteroatoms. The quantitative estimate of drug-likeness (QED) is 0.427. The largest absolute Gasteiger partial charge is 0.307 e. The van der Waals surface area contributed by atoms with Gasteiger partial charge in [0.15, 0.2) is 5.82 Å². The number of aryl methyl sites for hydroxylation is 1. The van der Waals surface area contributed by atoms with E-state index in [0.717, 1.165) is 10.2 Å². The number of nitrogens with two attached hydrogens (primary N) is 2. The molecule has 1 heterocycles. The molecular weight excluding hydrogens is 224 g/mol. The standard InChI is InChI=1S/C5H9BrN6/c1-2-3(6)4(11-7)10-5(9-2)12-8/h7-8H2,1H3,(H2,9,10,11,12). The number of nitrogen functional groups attached to an aromatic ring is 2. The second kappa shape index (κ2) is 3.65. The molecule has 1 aromatic rings. The summed E-state index contributed by atoms with van der Waals surface area (Å²) in [6.07, 6.45) is 0. The SMILES string of the molecule is Cc1nc(NN)nc(NN)c1Br. The summed E-state index contributed by atoms with van der Waals surface area (Å²) in [5.74, 6) is 11.2. The summed E-state index contributed by atoms with van der Waals surface area (Å²) in [5.41, 5.74) is 5.50. The Hall–Kier alpha value is -0.920. The Balaban J connectivity index is 3.19. The van der Waals surface area contributed by atoms with Crippen LogP contribution in [0.4, 0.5) is 11.8 Å². The highest BCUT2D eigenvalue weighted by atomic mass is 79.9. The highest BCUT2D eigenvalue weighted by molar-refractivity contribution is 9.10. The molecular formula is C5H9BrN6. The molecule has 0 spiro atoms. The summed E-state index contributed by atoms with van der Waals surface area (Å²) in [5, 5.41) is 0. The molecule has 0 fully saturated rings. The van der Waals surface area contributed by atoms with Crippen molar-refractivity contribution in [2.75, 3.05) is 10.9 Å². The van der Waals surface area contributed by atoms with E-state index in [0.29, 0.717) is 11.8 Å². The van der Waals surface area contributed by atoms with Crippen LogP contribution in [0, 0.1) is 6.92 Å². The second-order valence-electron chi connectivity index (χ2n) is 2.08. The Morgan fingerprint density at radius 2 is 1.92 bits per heavy atom. The van der Waals surface area contributed by atoms with E-state index in [9.17, 15) is 0 Å². The number of anilines is 2. The predicted octanol–water partition coefficient (Wildman–Crippen LogP) is 0.119. The molecule has 66 valence electrons.